The lowest BCUT2D eigenvalue weighted by Gasteiger charge is -2.70. The minimum Gasteiger partial charge on any atom is -0.484 e. The van der Waals surface area contributed by atoms with Crippen LogP contribution in [-0.4, -0.2) is 32.0 Å². The molecule has 0 saturated heterocycles. The van der Waals surface area contributed by atoms with Crippen molar-refractivity contribution in [2.45, 2.75) is 36.1 Å². The van der Waals surface area contributed by atoms with Gasteiger partial charge in [0.2, 0.25) is 10.0 Å². The van der Waals surface area contributed by atoms with E-state index in [2.05, 4.69) is 10.0 Å². The van der Waals surface area contributed by atoms with Crippen LogP contribution in [0.15, 0.2) is 48.5 Å². The largest absolute Gasteiger partial charge is 0.484 e. The number of benzene rings is 2. The second-order valence-electron chi connectivity index (χ2n) is 7.85. The van der Waals surface area contributed by atoms with E-state index in [4.69, 9.17) is 16.3 Å². The molecule has 6 nitrogen and oxygen atoms in total. The molecule has 154 valence electrons. The van der Waals surface area contributed by atoms with E-state index in [9.17, 15) is 17.6 Å². The van der Waals surface area contributed by atoms with Crippen LogP contribution >= 0.6 is 11.6 Å². The minimum atomic E-state index is -3.46. The molecule has 2 N–H and O–H groups in total. The molecule has 3 aliphatic rings. The smallest absolute Gasteiger partial charge is 0.258 e. The molecule has 2 aromatic rings. The van der Waals surface area contributed by atoms with Crippen molar-refractivity contribution in [2.75, 3.05) is 6.61 Å². The van der Waals surface area contributed by atoms with Crippen molar-refractivity contribution in [3.05, 3.63) is 64.9 Å². The van der Waals surface area contributed by atoms with E-state index in [1.165, 1.54) is 12.1 Å². The van der Waals surface area contributed by atoms with Crippen molar-refractivity contribution >= 4 is 27.5 Å². The van der Waals surface area contributed by atoms with Crippen LogP contribution in [0.25, 0.3) is 0 Å². The lowest BCUT2D eigenvalue weighted by atomic mass is 9.44. The molecule has 2 aromatic carbocycles. The number of hydrogen-bond donors (Lipinski definition) is 2. The van der Waals surface area contributed by atoms with Crippen LogP contribution in [0.3, 0.4) is 0 Å². The highest BCUT2D eigenvalue weighted by Gasteiger charge is 2.69. The normalized spacial score (nSPS) is 24.9. The lowest BCUT2D eigenvalue weighted by molar-refractivity contribution is -0.139. The number of sulfonamides is 1. The number of carbonyl (C=O) groups is 1. The zero-order chi connectivity index (χ0) is 20.7. The maximum absolute atomic E-state index is 13.4. The highest BCUT2D eigenvalue weighted by atomic mass is 35.5. The standard InChI is InChI=1S/C20H20ClFN2O4S/c21-16-7-6-15(8-17(16)22)28-9-18(25)23-19-11-20(12-19,13-19)24-29(26,27)10-14-4-2-1-3-5-14/h1-8,24H,9-13H2,(H,23,25). The molecule has 0 heterocycles. The van der Waals surface area contributed by atoms with Crippen molar-refractivity contribution in [1.29, 1.82) is 0 Å². The quantitative estimate of drug-likeness (QED) is 0.663. The molecule has 1 amide bonds. The summed E-state index contributed by atoms with van der Waals surface area (Å²) in [5.41, 5.74) is -0.132. The molecule has 2 bridgehead atoms. The lowest BCUT2D eigenvalue weighted by Crippen LogP contribution is -2.83. The average Bonchev–Trinajstić information content (AvgIpc) is 2.60. The number of hydrogen-bond acceptors (Lipinski definition) is 4. The second-order valence-corrected chi connectivity index (χ2v) is 9.98. The fraction of sp³-hybridized carbons (Fsp3) is 0.350. The van der Waals surface area contributed by atoms with Crippen LogP contribution in [0.4, 0.5) is 4.39 Å². The molecule has 0 radical (unpaired) electrons. The first-order valence-electron chi connectivity index (χ1n) is 9.13. The Morgan fingerprint density at radius 3 is 2.45 bits per heavy atom. The third-order valence-electron chi connectivity index (χ3n) is 5.27. The average molecular weight is 439 g/mol. The summed E-state index contributed by atoms with van der Waals surface area (Å²) >= 11 is 5.61. The van der Waals surface area contributed by atoms with Crippen molar-refractivity contribution < 1.29 is 22.3 Å². The van der Waals surface area contributed by atoms with Gasteiger partial charge in [-0.25, -0.2) is 17.5 Å². The summed E-state index contributed by atoms with van der Waals surface area (Å²) < 4.78 is 46.3. The summed E-state index contributed by atoms with van der Waals surface area (Å²) in [7, 11) is -3.46. The fourth-order valence-corrected chi connectivity index (χ4v) is 5.93. The van der Waals surface area contributed by atoms with E-state index < -0.39 is 21.4 Å². The van der Waals surface area contributed by atoms with Crippen LogP contribution in [0, 0.1) is 5.82 Å². The Bertz CT molecular complexity index is 1030. The zero-order valence-electron chi connectivity index (χ0n) is 15.5. The molecule has 0 aromatic heterocycles. The summed E-state index contributed by atoms with van der Waals surface area (Å²) in [6.07, 6.45) is 1.65. The van der Waals surface area contributed by atoms with Gasteiger partial charge in [0.25, 0.3) is 5.91 Å². The molecule has 9 heteroatoms. The Morgan fingerprint density at radius 2 is 1.79 bits per heavy atom. The monoisotopic (exact) mass is 438 g/mol. The molecule has 3 fully saturated rings. The van der Waals surface area contributed by atoms with Gasteiger partial charge in [0, 0.05) is 17.1 Å². The number of nitrogens with one attached hydrogen (secondary N) is 2. The summed E-state index contributed by atoms with van der Waals surface area (Å²) in [4.78, 5) is 12.1. The Kier molecular flexibility index (Phi) is 5.04. The molecule has 3 aliphatic carbocycles. The van der Waals surface area contributed by atoms with Crippen molar-refractivity contribution in [3.8, 4) is 5.75 Å². The number of amides is 1. The van der Waals surface area contributed by atoms with Crippen molar-refractivity contribution in [1.82, 2.24) is 10.0 Å². The first-order chi connectivity index (χ1) is 13.7. The van der Waals surface area contributed by atoms with Gasteiger partial charge in [-0.1, -0.05) is 41.9 Å². The van der Waals surface area contributed by atoms with E-state index in [1.54, 1.807) is 24.3 Å². The maximum Gasteiger partial charge on any atom is 0.258 e. The summed E-state index contributed by atoms with van der Waals surface area (Å²) in [5.74, 6) is -0.806. The Morgan fingerprint density at radius 1 is 1.10 bits per heavy atom. The molecule has 5 rings (SSSR count). The van der Waals surface area contributed by atoms with Gasteiger partial charge < -0.3 is 10.1 Å². The van der Waals surface area contributed by atoms with Gasteiger partial charge in [-0.15, -0.1) is 0 Å². The van der Waals surface area contributed by atoms with Gasteiger partial charge in [-0.2, -0.15) is 0 Å². The molecule has 0 unspecified atom stereocenters. The van der Waals surface area contributed by atoms with E-state index in [-0.39, 0.29) is 34.6 Å². The van der Waals surface area contributed by atoms with Crippen molar-refractivity contribution in [3.63, 3.8) is 0 Å². The molecular formula is C20H20ClFN2O4S. The zero-order valence-corrected chi connectivity index (χ0v) is 17.0. The number of carbonyl (C=O) groups excluding carboxylic acids is 1. The first-order valence-corrected chi connectivity index (χ1v) is 11.2. The molecule has 0 aliphatic heterocycles. The van der Waals surface area contributed by atoms with Crippen LogP contribution < -0.4 is 14.8 Å². The fourth-order valence-electron chi connectivity index (χ4n) is 4.24. The third-order valence-corrected chi connectivity index (χ3v) is 7.03. The van der Waals surface area contributed by atoms with Gasteiger partial charge in [0.05, 0.1) is 10.8 Å². The van der Waals surface area contributed by atoms with E-state index in [1.807, 2.05) is 6.07 Å². The first kappa shape index (κ1) is 20.1. The predicted molar refractivity (Wildman–Crippen MR) is 107 cm³/mol. The second kappa shape index (κ2) is 7.27. The SMILES string of the molecule is O=C(COc1ccc(Cl)c(F)c1)NC12CC(NS(=O)(=O)Cc3ccccc3)(C1)C2. The highest BCUT2D eigenvalue weighted by molar-refractivity contribution is 7.88. The maximum atomic E-state index is 13.4. The molecule has 0 spiro atoms. The van der Waals surface area contributed by atoms with Gasteiger partial charge in [0.1, 0.15) is 11.6 Å². The van der Waals surface area contributed by atoms with Gasteiger partial charge in [-0.05, 0) is 37.0 Å². The van der Waals surface area contributed by atoms with Gasteiger partial charge in [-0.3, -0.25) is 4.79 Å². The molecular weight excluding hydrogens is 419 g/mol. The van der Waals surface area contributed by atoms with Gasteiger partial charge in [0.15, 0.2) is 6.61 Å². The van der Waals surface area contributed by atoms with E-state index in [0.717, 1.165) is 11.6 Å². The topological polar surface area (TPSA) is 84.5 Å². The van der Waals surface area contributed by atoms with Crippen LogP contribution in [0.2, 0.25) is 5.02 Å². The summed E-state index contributed by atoms with van der Waals surface area (Å²) in [6, 6.07) is 12.9. The minimum absolute atomic E-state index is 0.0179. The van der Waals surface area contributed by atoms with Crippen LogP contribution in [0.5, 0.6) is 5.75 Å². The van der Waals surface area contributed by atoms with E-state index in [0.29, 0.717) is 19.3 Å². The van der Waals surface area contributed by atoms with Gasteiger partial charge >= 0.3 is 0 Å². The number of rotatable bonds is 8. The molecule has 0 atom stereocenters. The Hall–Kier alpha value is -2.16. The highest BCUT2D eigenvalue weighted by Crippen LogP contribution is 2.60. The van der Waals surface area contributed by atoms with Crippen LogP contribution in [-0.2, 0) is 20.6 Å². The Labute approximate surface area is 173 Å². The Balaban J connectivity index is 1.24. The summed E-state index contributed by atoms with van der Waals surface area (Å²) in [6.45, 7) is -0.254. The van der Waals surface area contributed by atoms with E-state index >= 15 is 0 Å². The molecule has 29 heavy (non-hydrogen) atoms. The summed E-state index contributed by atoms with van der Waals surface area (Å²) in [5, 5.41) is 2.88. The molecule has 3 saturated carbocycles. The van der Waals surface area contributed by atoms with Crippen LogP contribution in [0.1, 0.15) is 24.8 Å². The predicted octanol–water partition coefficient (Wildman–Crippen LogP) is 2.77. The van der Waals surface area contributed by atoms with Crippen molar-refractivity contribution in [2.24, 2.45) is 0 Å². The number of ether oxygens (including phenoxy) is 1. The number of halogens is 2. The third kappa shape index (κ3) is 4.39.